The predicted molar refractivity (Wildman–Crippen MR) is 78.1 cm³/mol. The second-order valence-corrected chi connectivity index (χ2v) is 7.57. The maximum absolute atomic E-state index is 13.2. The zero-order valence-corrected chi connectivity index (χ0v) is 14.3. The van der Waals surface area contributed by atoms with Gasteiger partial charge in [0.1, 0.15) is 16.8 Å². The van der Waals surface area contributed by atoms with Crippen molar-refractivity contribution in [2.75, 3.05) is 7.11 Å². The molecule has 1 aromatic rings. The first-order chi connectivity index (χ1) is 11.2. The molecule has 5 nitrogen and oxygen atoms in total. The number of ether oxygens (including phenoxy) is 1. The van der Waals surface area contributed by atoms with Crippen LogP contribution in [0.3, 0.4) is 0 Å². The Hall–Kier alpha value is -1.91. The molecule has 1 rings (SSSR count). The van der Waals surface area contributed by atoms with Crippen LogP contribution in [-0.4, -0.2) is 33.9 Å². The van der Waals surface area contributed by atoms with Crippen molar-refractivity contribution in [3.63, 3.8) is 0 Å². The number of carboxylic acid groups (broad SMARTS) is 1. The van der Waals surface area contributed by atoms with Crippen molar-refractivity contribution >= 4 is 23.7 Å². The maximum atomic E-state index is 13.2. The third-order valence-electron chi connectivity index (χ3n) is 2.67. The summed E-state index contributed by atoms with van der Waals surface area (Å²) in [6.07, 6.45) is -8.85. The number of hydrogen-bond acceptors (Lipinski definition) is 5. The van der Waals surface area contributed by atoms with E-state index >= 15 is 0 Å². The van der Waals surface area contributed by atoms with Gasteiger partial charge in [0.2, 0.25) is 0 Å². The first-order valence-electron chi connectivity index (χ1n) is 6.64. The topological polar surface area (TPSA) is 76.5 Å². The van der Waals surface area contributed by atoms with E-state index in [2.05, 4.69) is 9.72 Å². The summed E-state index contributed by atoms with van der Waals surface area (Å²) in [5.74, 6) is -3.44. The molecule has 0 saturated carbocycles. The fourth-order valence-corrected chi connectivity index (χ4v) is 3.04. The van der Waals surface area contributed by atoms with E-state index in [0.29, 0.717) is 11.8 Å². The van der Waals surface area contributed by atoms with Crippen LogP contribution >= 0.6 is 11.8 Å². The molecule has 0 radical (unpaired) electrons. The summed E-state index contributed by atoms with van der Waals surface area (Å²) in [7, 11) is 0.835. The summed E-state index contributed by atoms with van der Waals surface area (Å²) >= 11 is 0.533. The largest absolute Gasteiger partial charge is 0.478 e. The quantitative estimate of drug-likeness (QED) is 0.468. The minimum Gasteiger partial charge on any atom is -0.478 e. The lowest BCUT2D eigenvalue weighted by Gasteiger charge is -2.24. The number of carbonyl (C=O) groups is 2. The Morgan fingerprint density at radius 2 is 1.68 bits per heavy atom. The van der Waals surface area contributed by atoms with E-state index in [1.165, 1.54) is 20.8 Å². The predicted octanol–water partition coefficient (Wildman–Crippen LogP) is 4.41. The molecule has 0 spiro atoms. The minimum atomic E-state index is -5.31. The van der Waals surface area contributed by atoms with Gasteiger partial charge in [-0.1, -0.05) is 20.8 Å². The van der Waals surface area contributed by atoms with Crippen LogP contribution in [0.15, 0.2) is 4.90 Å². The standard InChI is InChI=1S/C14H14F5NO4S/c1-13(2,3)25-8-5(12(23)24-4)7(10(15)16)20-9(14(17,18)19)6(8)11(21)22/h10H,1-4H3,(H,21,22). The Balaban J connectivity index is 4.08. The lowest BCUT2D eigenvalue weighted by atomic mass is 10.1. The fraction of sp³-hybridized carbons (Fsp3) is 0.500. The molecule has 1 N–H and O–H groups in total. The van der Waals surface area contributed by atoms with E-state index in [1.807, 2.05) is 0 Å². The number of aromatic nitrogens is 1. The lowest BCUT2D eigenvalue weighted by molar-refractivity contribution is -0.142. The van der Waals surface area contributed by atoms with Crippen molar-refractivity contribution in [1.29, 1.82) is 0 Å². The van der Waals surface area contributed by atoms with E-state index in [4.69, 9.17) is 0 Å². The van der Waals surface area contributed by atoms with Crippen molar-refractivity contribution in [1.82, 2.24) is 4.98 Å². The van der Waals surface area contributed by atoms with E-state index < -0.39 is 56.7 Å². The number of hydrogen-bond donors (Lipinski definition) is 1. The van der Waals surface area contributed by atoms with Gasteiger partial charge in [0.25, 0.3) is 6.43 Å². The number of pyridine rings is 1. The summed E-state index contributed by atoms with van der Waals surface area (Å²) in [5.41, 5.74) is -5.81. The van der Waals surface area contributed by atoms with E-state index in [-0.39, 0.29) is 0 Å². The SMILES string of the molecule is COC(=O)c1c(C(F)F)nc(C(F)(F)F)c(C(=O)O)c1SC(C)(C)C. The van der Waals surface area contributed by atoms with Crippen molar-refractivity contribution < 1.29 is 41.4 Å². The molecule has 0 aromatic carbocycles. The van der Waals surface area contributed by atoms with Crippen LogP contribution in [0.4, 0.5) is 22.0 Å². The molecule has 0 aliphatic carbocycles. The normalized spacial score (nSPS) is 12.4. The number of halogens is 5. The van der Waals surface area contributed by atoms with Crippen LogP contribution in [0, 0.1) is 0 Å². The molecule has 0 bridgehead atoms. The van der Waals surface area contributed by atoms with Crippen molar-refractivity contribution in [2.45, 2.75) is 43.0 Å². The average molecular weight is 387 g/mol. The molecule has 25 heavy (non-hydrogen) atoms. The smallest absolute Gasteiger partial charge is 0.434 e. The molecule has 1 heterocycles. The van der Waals surface area contributed by atoms with Crippen LogP contribution < -0.4 is 0 Å². The van der Waals surface area contributed by atoms with Crippen molar-refractivity contribution in [3.05, 3.63) is 22.5 Å². The van der Waals surface area contributed by atoms with Gasteiger partial charge in [-0.3, -0.25) is 0 Å². The lowest BCUT2D eigenvalue weighted by Crippen LogP contribution is -2.24. The Labute approximate surface area is 143 Å². The molecule has 1 aromatic heterocycles. The Bertz CT molecular complexity index is 698. The summed E-state index contributed by atoms with van der Waals surface area (Å²) in [6, 6.07) is 0. The monoisotopic (exact) mass is 387 g/mol. The number of methoxy groups -OCH3 is 1. The minimum absolute atomic E-state index is 0.533. The highest BCUT2D eigenvalue weighted by molar-refractivity contribution is 8.00. The van der Waals surface area contributed by atoms with Crippen LogP contribution in [0.1, 0.15) is 59.3 Å². The summed E-state index contributed by atoms with van der Waals surface area (Å²) in [5, 5.41) is 9.22. The van der Waals surface area contributed by atoms with Gasteiger partial charge in [0.05, 0.1) is 7.11 Å². The molecule has 0 unspecified atom stereocenters. The third-order valence-corrected chi connectivity index (χ3v) is 3.89. The first kappa shape index (κ1) is 21.1. The van der Waals surface area contributed by atoms with Crippen LogP contribution in [0.2, 0.25) is 0 Å². The zero-order chi connectivity index (χ0) is 19.7. The van der Waals surface area contributed by atoms with Crippen LogP contribution in [-0.2, 0) is 10.9 Å². The summed E-state index contributed by atoms with van der Waals surface area (Å²) in [4.78, 5) is 25.3. The first-order valence-corrected chi connectivity index (χ1v) is 7.46. The van der Waals surface area contributed by atoms with Gasteiger partial charge >= 0.3 is 18.1 Å². The molecule has 0 atom stereocenters. The second-order valence-electron chi connectivity index (χ2n) is 5.73. The van der Waals surface area contributed by atoms with Crippen LogP contribution in [0.25, 0.3) is 0 Å². The number of carboxylic acids is 1. The highest BCUT2D eigenvalue weighted by Gasteiger charge is 2.43. The highest BCUT2D eigenvalue weighted by Crippen LogP contribution is 2.44. The molecule has 140 valence electrons. The Morgan fingerprint density at radius 1 is 1.16 bits per heavy atom. The number of aromatic carboxylic acids is 1. The number of nitrogens with zero attached hydrogens (tertiary/aromatic N) is 1. The van der Waals surface area contributed by atoms with Gasteiger partial charge in [0, 0.05) is 9.64 Å². The number of alkyl halides is 5. The Kier molecular flexibility index (Phi) is 6.04. The molecule has 0 aliphatic rings. The molecule has 0 saturated heterocycles. The number of thioether (sulfide) groups is 1. The van der Waals surface area contributed by atoms with Gasteiger partial charge in [-0.25, -0.2) is 23.4 Å². The van der Waals surface area contributed by atoms with E-state index in [1.54, 1.807) is 0 Å². The molecule has 0 fully saturated rings. The van der Waals surface area contributed by atoms with Gasteiger partial charge in [-0.2, -0.15) is 13.2 Å². The molecule has 11 heteroatoms. The number of rotatable bonds is 4. The average Bonchev–Trinajstić information content (AvgIpc) is 2.41. The summed E-state index contributed by atoms with van der Waals surface area (Å²) < 4.78 is 69.5. The zero-order valence-electron chi connectivity index (χ0n) is 13.5. The van der Waals surface area contributed by atoms with E-state index in [9.17, 15) is 36.6 Å². The van der Waals surface area contributed by atoms with E-state index in [0.717, 1.165) is 7.11 Å². The second kappa shape index (κ2) is 7.14. The fourth-order valence-electron chi connectivity index (χ4n) is 1.85. The number of carbonyl (C=O) groups excluding carboxylic acids is 1. The van der Waals surface area contributed by atoms with Crippen molar-refractivity contribution in [3.8, 4) is 0 Å². The molecule has 0 amide bonds. The van der Waals surface area contributed by atoms with Gasteiger partial charge in [-0.05, 0) is 0 Å². The highest BCUT2D eigenvalue weighted by atomic mass is 32.2. The van der Waals surface area contributed by atoms with Crippen LogP contribution in [0.5, 0.6) is 0 Å². The number of esters is 1. The van der Waals surface area contributed by atoms with Gasteiger partial charge in [0.15, 0.2) is 5.69 Å². The van der Waals surface area contributed by atoms with Gasteiger partial charge in [-0.15, -0.1) is 11.8 Å². The molecular weight excluding hydrogens is 373 g/mol. The molecule has 0 aliphatic heterocycles. The Morgan fingerprint density at radius 3 is 2.00 bits per heavy atom. The summed E-state index contributed by atoms with van der Waals surface area (Å²) in [6.45, 7) is 4.54. The van der Waals surface area contributed by atoms with Crippen molar-refractivity contribution in [2.24, 2.45) is 0 Å². The third kappa shape index (κ3) is 4.80. The molecular formula is C14H14F5NO4S. The van der Waals surface area contributed by atoms with Gasteiger partial charge < -0.3 is 9.84 Å². The maximum Gasteiger partial charge on any atom is 0.434 e.